The number of rotatable bonds is 6. The fraction of sp³-hybridized carbons (Fsp3) is 0.833. The number of nitrogens with two attached hydrogens (primary N) is 1. The van der Waals surface area contributed by atoms with Gasteiger partial charge in [-0.3, -0.25) is 9.59 Å². The third-order valence-electron chi connectivity index (χ3n) is 2.61. The van der Waals surface area contributed by atoms with Crippen molar-refractivity contribution in [3.63, 3.8) is 0 Å². The molecule has 0 radical (unpaired) electrons. The molecule has 17 heavy (non-hydrogen) atoms. The van der Waals surface area contributed by atoms with E-state index in [1.807, 2.05) is 13.8 Å². The van der Waals surface area contributed by atoms with Gasteiger partial charge in [0.2, 0.25) is 11.8 Å². The highest BCUT2D eigenvalue weighted by Gasteiger charge is 2.27. The minimum Gasteiger partial charge on any atom is -0.359 e. The molecule has 0 aromatic rings. The summed E-state index contributed by atoms with van der Waals surface area (Å²) in [6, 6.07) is -0.504. The smallest absolute Gasteiger partial charge is 0.236 e. The number of hydrogen-bond donors (Lipinski definition) is 3. The molecule has 0 spiro atoms. The van der Waals surface area contributed by atoms with Gasteiger partial charge in [-0.2, -0.15) is 0 Å². The second-order valence-electron chi connectivity index (χ2n) is 5.42. The van der Waals surface area contributed by atoms with Crippen molar-refractivity contribution in [3.8, 4) is 0 Å². The number of carbonyl (C=O) groups is 2. The van der Waals surface area contributed by atoms with Gasteiger partial charge in [-0.15, -0.1) is 0 Å². The van der Waals surface area contributed by atoms with Crippen molar-refractivity contribution in [2.75, 3.05) is 13.6 Å². The van der Waals surface area contributed by atoms with E-state index in [-0.39, 0.29) is 18.4 Å². The lowest BCUT2D eigenvalue weighted by molar-refractivity contribution is -0.129. The Morgan fingerprint density at radius 1 is 1.29 bits per heavy atom. The molecular formula is C12H25N3O2. The lowest BCUT2D eigenvalue weighted by Crippen LogP contribution is -2.48. The molecule has 0 aliphatic heterocycles. The Morgan fingerprint density at radius 2 is 1.82 bits per heavy atom. The van der Waals surface area contributed by atoms with Gasteiger partial charge < -0.3 is 16.4 Å². The predicted molar refractivity (Wildman–Crippen MR) is 68.3 cm³/mol. The summed E-state index contributed by atoms with van der Waals surface area (Å²) in [5.74, 6) is 0.0774. The zero-order valence-corrected chi connectivity index (χ0v) is 11.5. The molecule has 0 heterocycles. The van der Waals surface area contributed by atoms with Gasteiger partial charge in [0, 0.05) is 13.6 Å². The molecule has 1 atom stereocenters. The molecule has 0 aromatic heterocycles. The molecule has 0 saturated heterocycles. The molecule has 0 bridgehead atoms. The first kappa shape index (κ1) is 15.9. The maximum absolute atomic E-state index is 11.7. The molecule has 0 fully saturated rings. The zero-order chi connectivity index (χ0) is 13.6. The fourth-order valence-electron chi connectivity index (χ4n) is 1.47. The molecule has 0 unspecified atom stereocenters. The summed E-state index contributed by atoms with van der Waals surface area (Å²) in [5.41, 5.74) is 5.12. The maximum Gasteiger partial charge on any atom is 0.236 e. The van der Waals surface area contributed by atoms with Gasteiger partial charge in [-0.1, -0.05) is 13.8 Å². The summed E-state index contributed by atoms with van der Waals surface area (Å²) in [6.45, 7) is 7.88. The van der Waals surface area contributed by atoms with Crippen LogP contribution in [0.5, 0.6) is 0 Å². The zero-order valence-electron chi connectivity index (χ0n) is 11.5. The van der Waals surface area contributed by atoms with E-state index in [1.54, 1.807) is 20.9 Å². The van der Waals surface area contributed by atoms with Crippen molar-refractivity contribution in [2.45, 2.75) is 40.2 Å². The summed E-state index contributed by atoms with van der Waals surface area (Å²) in [5, 5.41) is 5.29. The van der Waals surface area contributed by atoms with E-state index < -0.39 is 11.5 Å². The molecule has 0 aliphatic carbocycles. The number of carbonyl (C=O) groups excluding carboxylic acids is 2. The molecule has 2 amide bonds. The molecule has 5 heteroatoms. The van der Waals surface area contributed by atoms with Crippen molar-refractivity contribution in [2.24, 2.45) is 17.1 Å². The molecule has 0 aliphatic rings. The van der Waals surface area contributed by atoms with Crippen LogP contribution in [0.3, 0.4) is 0 Å². The van der Waals surface area contributed by atoms with Gasteiger partial charge in [0.15, 0.2) is 0 Å². The van der Waals surface area contributed by atoms with Crippen LogP contribution in [0.15, 0.2) is 0 Å². The fourth-order valence-corrected chi connectivity index (χ4v) is 1.47. The third-order valence-corrected chi connectivity index (χ3v) is 2.61. The second-order valence-corrected chi connectivity index (χ2v) is 5.42. The highest BCUT2D eigenvalue weighted by atomic mass is 16.2. The van der Waals surface area contributed by atoms with Crippen molar-refractivity contribution < 1.29 is 9.59 Å². The molecule has 5 nitrogen and oxygen atoms in total. The second kappa shape index (κ2) is 6.59. The van der Waals surface area contributed by atoms with Gasteiger partial charge in [-0.25, -0.2) is 0 Å². The Bertz CT molecular complexity index is 275. The molecule has 0 aromatic carbocycles. The van der Waals surface area contributed by atoms with Crippen LogP contribution in [0.1, 0.15) is 34.1 Å². The van der Waals surface area contributed by atoms with Crippen LogP contribution in [-0.2, 0) is 9.59 Å². The van der Waals surface area contributed by atoms with Crippen molar-refractivity contribution >= 4 is 11.8 Å². The lowest BCUT2D eigenvalue weighted by atomic mass is 9.92. The van der Waals surface area contributed by atoms with E-state index in [4.69, 9.17) is 5.73 Å². The first-order chi connectivity index (χ1) is 7.70. The van der Waals surface area contributed by atoms with E-state index in [0.29, 0.717) is 12.3 Å². The van der Waals surface area contributed by atoms with Crippen molar-refractivity contribution in [1.82, 2.24) is 10.6 Å². The summed E-state index contributed by atoms with van der Waals surface area (Å²) < 4.78 is 0. The van der Waals surface area contributed by atoms with Crippen molar-refractivity contribution in [3.05, 3.63) is 0 Å². The minimum atomic E-state index is -0.623. The maximum atomic E-state index is 11.7. The normalized spacial score (nSPS) is 13.4. The molecule has 100 valence electrons. The van der Waals surface area contributed by atoms with E-state index in [0.717, 1.165) is 0 Å². The summed E-state index contributed by atoms with van der Waals surface area (Å²) in [6.07, 6.45) is 0.645. The molecular weight excluding hydrogens is 218 g/mol. The average Bonchev–Trinajstić information content (AvgIpc) is 2.23. The van der Waals surface area contributed by atoms with Gasteiger partial charge in [0.05, 0.1) is 11.5 Å². The van der Waals surface area contributed by atoms with E-state index in [1.165, 1.54) is 0 Å². The van der Waals surface area contributed by atoms with Gasteiger partial charge in [0.25, 0.3) is 0 Å². The van der Waals surface area contributed by atoms with Crippen LogP contribution in [0, 0.1) is 11.3 Å². The van der Waals surface area contributed by atoms with Crippen LogP contribution in [-0.4, -0.2) is 31.4 Å². The highest BCUT2D eigenvalue weighted by molar-refractivity contribution is 5.84. The van der Waals surface area contributed by atoms with E-state index in [9.17, 15) is 9.59 Å². The van der Waals surface area contributed by atoms with Crippen LogP contribution in [0.4, 0.5) is 0 Å². The third kappa shape index (κ3) is 5.68. The highest BCUT2D eigenvalue weighted by Crippen LogP contribution is 2.13. The van der Waals surface area contributed by atoms with Crippen LogP contribution < -0.4 is 16.4 Å². The number of amides is 2. The Balaban J connectivity index is 4.19. The molecule has 0 rings (SSSR count). The Morgan fingerprint density at radius 3 is 2.24 bits per heavy atom. The summed E-state index contributed by atoms with van der Waals surface area (Å²) in [4.78, 5) is 23.2. The summed E-state index contributed by atoms with van der Waals surface area (Å²) >= 11 is 0. The topological polar surface area (TPSA) is 84.2 Å². The van der Waals surface area contributed by atoms with Gasteiger partial charge in [-0.05, 0) is 26.2 Å². The Labute approximate surface area is 104 Å². The Hall–Kier alpha value is -1.10. The average molecular weight is 243 g/mol. The van der Waals surface area contributed by atoms with Gasteiger partial charge in [0.1, 0.15) is 0 Å². The van der Waals surface area contributed by atoms with Gasteiger partial charge >= 0.3 is 0 Å². The molecule has 0 saturated carbocycles. The SMILES string of the molecule is CNC(=O)C(C)(C)CNC(=O)[C@H](N)CC(C)C. The van der Waals surface area contributed by atoms with E-state index >= 15 is 0 Å². The quantitative estimate of drug-likeness (QED) is 0.625. The van der Waals surface area contributed by atoms with Crippen LogP contribution in [0.25, 0.3) is 0 Å². The first-order valence-electron chi connectivity index (χ1n) is 5.96. The number of hydrogen-bond acceptors (Lipinski definition) is 3. The lowest BCUT2D eigenvalue weighted by Gasteiger charge is -2.24. The number of nitrogens with one attached hydrogen (secondary N) is 2. The van der Waals surface area contributed by atoms with E-state index in [2.05, 4.69) is 10.6 Å². The molecule has 4 N–H and O–H groups in total. The monoisotopic (exact) mass is 243 g/mol. The standard InChI is InChI=1S/C12H25N3O2/c1-8(2)6-9(13)10(16)15-7-12(3,4)11(17)14-5/h8-9H,6-7,13H2,1-5H3,(H,14,17)(H,15,16)/t9-/m1/s1. The first-order valence-corrected chi connectivity index (χ1v) is 5.96. The Kier molecular flexibility index (Phi) is 6.16. The van der Waals surface area contributed by atoms with Crippen molar-refractivity contribution in [1.29, 1.82) is 0 Å². The van der Waals surface area contributed by atoms with Crippen LogP contribution >= 0.6 is 0 Å². The predicted octanol–water partition coefficient (Wildman–Crippen LogP) is 0.248. The summed E-state index contributed by atoms with van der Waals surface area (Å²) in [7, 11) is 1.58. The van der Waals surface area contributed by atoms with Crippen LogP contribution in [0.2, 0.25) is 0 Å². The minimum absolute atomic E-state index is 0.102. The largest absolute Gasteiger partial charge is 0.359 e.